The summed E-state index contributed by atoms with van der Waals surface area (Å²) in [7, 11) is 0. The molecular formula is C14H17BrClNO. The van der Waals surface area contributed by atoms with Crippen molar-refractivity contribution in [2.24, 2.45) is 0 Å². The number of halogens is 2. The van der Waals surface area contributed by atoms with Crippen LogP contribution in [0.15, 0.2) is 34.5 Å². The lowest BCUT2D eigenvalue weighted by Crippen LogP contribution is -2.25. The van der Waals surface area contributed by atoms with Gasteiger partial charge in [0.05, 0.1) is 12.6 Å². The number of benzene rings is 1. The summed E-state index contributed by atoms with van der Waals surface area (Å²) < 4.78 is 6.80. The topological polar surface area (TPSA) is 21.3 Å². The molecule has 0 bridgehead atoms. The molecule has 2 nitrogen and oxygen atoms in total. The highest BCUT2D eigenvalue weighted by Gasteiger charge is 2.21. The first-order valence-electron chi connectivity index (χ1n) is 6.23. The van der Waals surface area contributed by atoms with Gasteiger partial charge in [-0.1, -0.05) is 34.5 Å². The average molecular weight is 331 g/mol. The van der Waals surface area contributed by atoms with Crippen LogP contribution in [0.1, 0.15) is 31.4 Å². The maximum Gasteiger partial charge on any atom is 0.113 e. The third kappa shape index (κ3) is 3.28. The van der Waals surface area contributed by atoms with Crippen molar-refractivity contribution in [1.29, 1.82) is 0 Å². The van der Waals surface area contributed by atoms with Crippen molar-refractivity contribution in [3.8, 4) is 0 Å². The molecule has 1 heterocycles. The molecule has 4 heteroatoms. The third-order valence-corrected chi connectivity index (χ3v) is 3.76. The first-order chi connectivity index (χ1) is 8.72. The van der Waals surface area contributed by atoms with Crippen LogP contribution < -0.4 is 5.32 Å². The van der Waals surface area contributed by atoms with Crippen LogP contribution in [0.2, 0.25) is 5.02 Å². The van der Waals surface area contributed by atoms with Gasteiger partial charge in [0, 0.05) is 9.50 Å². The van der Waals surface area contributed by atoms with E-state index in [4.69, 9.17) is 16.3 Å². The molecule has 0 fully saturated rings. The Morgan fingerprint density at radius 1 is 1.50 bits per heavy atom. The van der Waals surface area contributed by atoms with Crippen LogP contribution in [-0.2, 0) is 4.74 Å². The highest BCUT2D eigenvalue weighted by atomic mass is 79.9. The summed E-state index contributed by atoms with van der Waals surface area (Å²) in [5, 5.41) is 4.20. The first-order valence-corrected chi connectivity index (χ1v) is 7.40. The van der Waals surface area contributed by atoms with Crippen molar-refractivity contribution in [3.63, 3.8) is 0 Å². The molecule has 0 spiro atoms. The molecule has 1 aliphatic heterocycles. The first kappa shape index (κ1) is 13.9. The van der Waals surface area contributed by atoms with Crippen molar-refractivity contribution in [3.05, 3.63) is 45.1 Å². The molecular weight excluding hydrogens is 314 g/mol. The molecule has 18 heavy (non-hydrogen) atoms. The van der Waals surface area contributed by atoms with E-state index in [1.54, 1.807) is 0 Å². The second kappa shape index (κ2) is 6.60. The number of likely N-dealkylation sites (N-methyl/N-ethyl adjacent to an activating group) is 1. The van der Waals surface area contributed by atoms with Crippen LogP contribution in [0.3, 0.4) is 0 Å². The monoisotopic (exact) mass is 329 g/mol. The minimum absolute atomic E-state index is 0.0419. The summed E-state index contributed by atoms with van der Waals surface area (Å²) in [5.41, 5.74) is 1.06. The summed E-state index contributed by atoms with van der Waals surface area (Å²) >= 11 is 9.80. The summed E-state index contributed by atoms with van der Waals surface area (Å²) in [4.78, 5) is 0. The quantitative estimate of drug-likeness (QED) is 0.881. The zero-order valence-electron chi connectivity index (χ0n) is 10.4. The number of allylic oxidation sites excluding steroid dienone is 1. The molecule has 0 aromatic heterocycles. The van der Waals surface area contributed by atoms with Gasteiger partial charge >= 0.3 is 0 Å². The predicted molar refractivity (Wildman–Crippen MR) is 78.8 cm³/mol. The molecule has 1 aliphatic rings. The van der Waals surface area contributed by atoms with E-state index < -0.39 is 0 Å². The minimum Gasteiger partial charge on any atom is -0.496 e. The lowest BCUT2D eigenvalue weighted by Gasteiger charge is -2.25. The molecule has 2 rings (SSSR count). The van der Waals surface area contributed by atoms with Gasteiger partial charge in [-0.2, -0.15) is 0 Å². The van der Waals surface area contributed by atoms with Crippen molar-refractivity contribution < 1.29 is 4.74 Å². The van der Waals surface area contributed by atoms with Crippen molar-refractivity contribution in [1.82, 2.24) is 5.32 Å². The summed E-state index contributed by atoms with van der Waals surface area (Å²) in [6, 6.07) is 5.95. The Morgan fingerprint density at radius 2 is 2.33 bits per heavy atom. The van der Waals surface area contributed by atoms with Gasteiger partial charge in [0.15, 0.2) is 0 Å². The van der Waals surface area contributed by atoms with Gasteiger partial charge in [-0.25, -0.2) is 0 Å². The lowest BCUT2D eigenvalue weighted by molar-refractivity contribution is 0.168. The molecule has 0 saturated heterocycles. The van der Waals surface area contributed by atoms with Crippen LogP contribution in [-0.4, -0.2) is 13.2 Å². The van der Waals surface area contributed by atoms with E-state index in [2.05, 4.69) is 40.3 Å². The molecule has 1 aromatic rings. The molecule has 1 N–H and O–H groups in total. The summed E-state index contributed by atoms with van der Waals surface area (Å²) in [5.74, 6) is 0.989. The van der Waals surface area contributed by atoms with Crippen molar-refractivity contribution >= 4 is 27.5 Å². The minimum atomic E-state index is 0.0419. The van der Waals surface area contributed by atoms with Gasteiger partial charge in [0.1, 0.15) is 5.76 Å². The SMILES string of the molecule is CCNC(C1=CCCCO1)c1cc(Br)ccc1Cl. The van der Waals surface area contributed by atoms with Gasteiger partial charge in [0.2, 0.25) is 0 Å². The second-order valence-electron chi connectivity index (χ2n) is 4.25. The zero-order valence-corrected chi connectivity index (χ0v) is 12.7. The molecule has 1 aromatic carbocycles. The number of nitrogens with one attached hydrogen (secondary N) is 1. The smallest absolute Gasteiger partial charge is 0.113 e. The zero-order chi connectivity index (χ0) is 13.0. The van der Waals surface area contributed by atoms with Gasteiger partial charge in [-0.05, 0) is 49.2 Å². The summed E-state index contributed by atoms with van der Waals surface area (Å²) in [6.45, 7) is 3.75. The molecule has 0 aliphatic carbocycles. The lowest BCUT2D eigenvalue weighted by atomic mass is 10.0. The van der Waals surface area contributed by atoms with E-state index >= 15 is 0 Å². The fourth-order valence-corrected chi connectivity index (χ4v) is 2.69. The number of ether oxygens (including phenoxy) is 1. The summed E-state index contributed by atoms with van der Waals surface area (Å²) in [6.07, 6.45) is 4.32. The maximum absolute atomic E-state index is 6.30. The highest BCUT2D eigenvalue weighted by molar-refractivity contribution is 9.10. The Balaban J connectivity index is 2.34. The Hall–Kier alpha value is -0.510. The molecule has 0 radical (unpaired) electrons. The van der Waals surface area contributed by atoms with Crippen LogP contribution >= 0.6 is 27.5 Å². The van der Waals surface area contributed by atoms with E-state index in [1.165, 1.54) is 0 Å². The Bertz CT molecular complexity index is 447. The van der Waals surface area contributed by atoms with Crippen LogP contribution in [0, 0.1) is 0 Å². The van der Waals surface area contributed by atoms with Gasteiger partial charge in [-0.3, -0.25) is 0 Å². The number of rotatable bonds is 4. The Labute approximate surface area is 121 Å². The van der Waals surface area contributed by atoms with E-state index in [0.29, 0.717) is 0 Å². The molecule has 1 unspecified atom stereocenters. The van der Waals surface area contributed by atoms with E-state index in [-0.39, 0.29) is 6.04 Å². The van der Waals surface area contributed by atoms with Gasteiger partial charge < -0.3 is 10.1 Å². The van der Waals surface area contributed by atoms with E-state index in [9.17, 15) is 0 Å². The second-order valence-corrected chi connectivity index (χ2v) is 5.58. The van der Waals surface area contributed by atoms with Gasteiger partial charge in [0.25, 0.3) is 0 Å². The fraction of sp³-hybridized carbons (Fsp3) is 0.429. The Morgan fingerprint density at radius 3 is 3.00 bits per heavy atom. The van der Waals surface area contributed by atoms with Crippen molar-refractivity contribution in [2.45, 2.75) is 25.8 Å². The third-order valence-electron chi connectivity index (χ3n) is 2.92. The van der Waals surface area contributed by atoms with Crippen LogP contribution in [0.25, 0.3) is 0 Å². The molecule has 1 atom stereocenters. The van der Waals surface area contributed by atoms with Crippen molar-refractivity contribution in [2.75, 3.05) is 13.2 Å². The van der Waals surface area contributed by atoms with E-state index in [0.717, 1.165) is 46.8 Å². The standard InChI is InChI=1S/C14H17BrClNO/c1-2-17-14(13-5-3-4-8-18-13)11-9-10(15)6-7-12(11)16/h5-7,9,14,17H,2-4,8H2,1H3. The maximum atomic E-state index is 6.30. The number of hydrogen-bond acceptors (Lipinski definition) is 2. The fourth-order valence-electron chi connectivity index (χ4n) is 2.08. The van der Waals surface area contributed by atoms with E-state index in [1.807, 2.05) is 12.1 Å². The normalized spacial score (nSPS) is 16.9. The Kier molecular flexibility index (Phi) is 5.10. The average Bonchev–Trinajstić information content (AvgIpc) is 2.40. The van der Waals surface area contributed by atoms with Gasteiger partial charge in [-0.15, -0.1) is 0 Å². The predicted octanol–water partition coefficient (Wildman–Crippen LogP) is 4.45. The van der Waals surface area contributed by atoms with Crippen LogP contribution in [0.4, 0.5) is 0 Å². The molecule has 0 saturated carbocycles. The van der Waals surface area contributed by atoms with Crippen LogP contribution in [0.5, 0.6) is 0 Å². The highest BCUT2D eigenvalue weighted by Crippen LogP contribution is 2.32. The largest absolute Gasteiger partial charge is 0.496 e. The molecule has 98 valence electrons. The molecule has 0 amide bonds. The number of hydrogen-bond donors (Lipinski definition) is 1.